The first-order valence-corrected chi connectivity index (χ1v) is 9.35. The van der Waals surface area contributed by atoms with E-state index in [4.69, 9.17) is 14.2 Å². The summed E-state index contributed by atoms with van der Waals surface area (Å²) in [6, 6.07) is 9.62. The van der Waals surface area contributed by atoms with Crippen molar-refractivity contribution in [3.8, 4) is 34.1 Å². The Morgan fingerprint density at radius 1 is 0.931 bits per heavy atom. The number of ether oxygens (including phenoxy) is 4. The second-order valence-electron chi connectivity index (χ2n) is 6.78. The van der Waals surface area contributed by atoms with Gasteiger partial charge in [-0.15, -0.1) is 13.2 Å². The van der Waals surface area contributed by atoms with Gasteiger partial charge in [-0.2, -0.15) is 0 Å². The number of piperidine rings is 1. The first kappa shape index (κ1) is 21.1. The highest BCUT2D eigenvalue weighted by atomic mass is 19.4. The summed E-state index contributed by atoms with van der Waals surface area (Å²) in [5.41, 5.74) is 1.36. The largest absolute Gasteiger partial charge is 0.573 e. The summed E-state index contributed by atoms with van der Waals surface area (Å²) >= 11 is 0. The summed E-state index contributed by atoms with van der Waals surface area (Å²) < 4.78 is 59.0. The molecule has 29 heavy (non-hydrogen) atoms. The zero-order chi connectivity index (χ0) is 20.9. The third-order valence-corrected chi connectivity index (χ3v) is 4.82. The number of halogens is 3. The van der Waals surface area contributed by atoms with E-state index in [1.165, 1.54) is 13.2 Å². The van der Waals surface area contributed by atoms with Gasteiger partial charge in [0.1, 0.15) is 11.5 Å². The smallest absolute Gasteiger partial charge is 0.497 e. The van der Waals surface area contributed by atoms with Crippen LogP contribution in [-0.2, 0) is 0 Å². The Morgan fingerprint density at radius 2 is 1.69 bits per heavy atom. The molecule has 0 amide bonds. The predicted molar refractivity (Wildman–Crippen MR) is 103 cm³/mol. The molecule has 0 bridgehead atoms. The molecule has 0 atom stereocenters. The van der Waals surface area contributed by atoms with Crippen molar-refractivity contribution < 1.29 is 32.1 Å². The number of hydrogen-bond acceptors (Lipinski definition) is 5. The summed E-state index contributed by atoms with van der Waals surface area (Å²) in [5, 5.41) is 3.25. The summed E-state index contributed by atoms with van der Waals surface area (Å²) in [7, 11) is 3.07. The molecule has 0 saturated carbocycles. The average Bonchev–Trinajstić information content (AvgIpc) is 2.72. The van der Waals surface area contributed by atoms with Crippen LogP contribution in [-0.4, -0.2) is 40.3 Å². The molecule has 1 aliphatic rings. The van der Waals surface area contributed by atoms with Crippen LogP contribution in [0.3, 0.4) is 0 Å². The number of alkyl halides is 3. The normalized spacial score (nSPS) is 15.1. The molecule has 3 rings (SSSR count). The lowest BCUT2D eigenvalue weighted by Gasteiger charge is -2.23. The van der Waals surface area contributed by atoms with Gasteiger partial charge in [-0.05, 0) is 61.7 Å². The zero-order valence-electron chi connectivity index (χ0n) is 16.3. The molecule has 5 nitrogen and oxygen atoms in total. The van der Waals surface area contributed by atoms with Crippen molar-refractivity contribution in [1.29, 1.82) is 0 Å². The fourth-order valence-corrected chi connectivity index (χ4v) is 3.29. The molecule has 158 valence electrons. The molecule has 2 aromatic rings. The Hall–Kier alpha value is -2.61. The minimum absolute atomic E-state index is 0.0521. The topological polar surface area (TPSA) is 49.0 Å². The first-order valence-electron chi connectivity index (χ1n) is 9.35. The molecule has 8 heteroatoms. The van der Waals surface area contributed by atoms with Crippen molar-refractivity contribution in [3.63, 3.8) is 0 Å². The van der Waals surface area contributed by atoms with Crippen molar-refractivity contribution >= 4 is 0 Å². The average molecular weight is 411 g/mol. The van der Waals surface area contributed by atoms with Gasteiger partial charge in [0.2, 0.25) is 0 Å². The molecular weight excluding hydrogens is 387 g/mol. The summed E-state index contributed by atoms with van der Waals surface area (Å²) in [4.78, 5) is 0. The third-order valence-electron chi connectivity index (χ3n) is 4.82. The quantitative estimate of drug-likeness (QED) is 0.719. The maximum Gasteiger partial charge on any atom is 0.573 e. The Bertz CT molecular complexity index is 820. The van der Waals surface area contributed by atoms with Gasteiger partial charge in [-0.1, -0.05) is 6.07 Å². The van der Waals surface area contributed by atoms with Crippen LogP contribution in [0.4, 0.5) is 13.2 Å². The molecule has 1 aliphatic heterocycles. The van der Waals surface area contributed by atoms with Crippen LogP contribution in [0.1, 0.15) is 12.8 Å². The molecule has 0 radical (unpaired) electrons. The van der Waals surface area contributed by atoms with Crippen LogP contribution >= 0.6 is 0 Å². The Kier molecular flexibility index (Phi) is 6.74. The molecule has 2 aromatic carbocycles. The van der Waals surface area contributed by atoms with E-state index < -0.39 is 6.36 Å². The zero-order valence-corrected chi connectivity index (χ0v) is 16.3. The maximum atomic E-state index is 12.8. The van der Waals surface area contributed by atoms with Crippen molar-refractivity contribution in [2.75, 3.05) is 33.9 Å². The monoisotopic (exact) mass is 411 g/mol. The molecule has 1 saturated heterocycles. The van der Waals surface area contributed by atoms with E-state index in [1.54, 1.807) is 37.4 Å². The van der Waals surface area contributed by atoms with Crippen LogP contribution in [0.5, 0.6) is 23.0 Å². The Balaban J connectivity index is 1.90. The highest BCUT2D eigenvalue weighted by Gasteiger charge is 2.33. The number of rotatable bonds is 7. The van der Waals surface area contributed by atoms with E-state index in [9.17, 15) is 13.2 Å². The van der Waals surface area contributed by atoms with E-state index >= 15 is 0 Å². The van der Waals surface area contributed by atoms with Gasteiger partial charge in [0.15, 0.2) is 11.5 Å². The van der Waals surface area contributed by atoms with Gasteiger partial charge >= 0.3 is 6.36 Å². The second kappa shape index (κ2) is 9.26. The lowest BCUT2D eigenvalue weighted by atomic mass is 9.99. The number of hydrogen-bond donors (Lipinski definition) is 1. The lowest BCUT2D eigenvalue weighted by molar-refractivity contribution is -0.275. The molecule has 0 aliphatic carbocycles. The summed E-state index contributed by atoms with van der Waals surface area (Å²) in [6.07, 6.45) is -2.96. The van der Waals surface area contributed by atoms with Crippen LogP contribution < -0.4 is 24.3 Å². The Labute approximate surface area is 167 Å². The molecule has 0 aromatic heterocycles. The van der Waals surface area contributed by atoms with Crippen molar-refractivity contribution in [2.24, 2.45) is 5.92 Å². The highest BCUT2D eigenvalue weighted by Crippen LogP contribution is 2.40. The van der Waals surface area contributed by atoms with E-state index in [2.05, 4.69) is 10.1 Å². The predicted octanol–water partition coefficient (Wildman–Crippen LogP) is 4.65. The molecule has 1 fully saturated rings. The van der Waals surface area contributed by atoms with E-state index in [0.717, 1.165) is 25.9 Å². The number of benzene rings is 2. The van der Waals surface area contributed by atoms with E-state index in [1.807, 2.05) is 0 Å². The highest BCUT2D eigenvalue weighted by molar-refractivity contribution is 5.73. The van der Waals surface area contributed by atoms with Crippen molar-refractivity contribution in [2.45, 2.75) is 19.2 Å². The maximum absolute atomic E-state index is 12.8. The van der Waals surface area contributed by atoms with Crippen LogP contribution in [0, 0.1) is 5.92 Å². The third kappa shape index (κ3) is 5.69. The van der Waals surface area contributed by atoms with Gasteiger partial charge in [0.05, 0.1) is 20.8 Å². The number of nitrogens with one attached hydrogen (secondary N) is 1. The van der Waals surface area contributed by atoms with Crippen LogP contribution in [0.25, 0.3) is 11.1 Å². The first-order chi connectivity index (χ1) is 13.9. The number of methoxy groups -OCH3 is 2. The Morgan fingerprint density at radius 3 is 2.34 bits per heavy atom. The van der Waals surface area contributed by atoms with Crippen molar-refractivity contribution in [3.05, 3.63) is 36.4 Å². The van der Waals surface area contributed by atoms with Gasteiger partial charge < -0.3 is 24.3 Å². The SMILES string of the molecule is COc1ccc(-c2ccc(OC(F)(F)F)c(OCC3CCNCC3)c2)c(OC)c1. The standard InChI is InChI=1S/C21H24F3NO4/c1-26-16-4-5-17(19(12-16)27-2)15-3-6-18(29-21(22,23)24)20(11-15)28-13-14-7-9-25-10-8-14/h3-6,11-12,14,25H,7-10,13H2,1-2H3. The van der Waals surface area contributed by atoms with E-state index in [-0.39, 0.29) is 17.4 Å². The molecule has 1 N–H and O–H groups in total. The fraction of sp³-hybridized carbons (Fsp3) is 0.429. The lowest BCUT2D eigenvalue weighted by Crippen LogP contribution is -2.30. The molecule has 0 unspecified atom stereocenters. The van der Waals surface area contributed by atoms with Gasteiger partial charge in [-0.25, -0.2) is 0 Å². The fourth-order valence-electron chi connectivity index (χ4n) is 3.29. The molecular formula is C21H24F3NO4. The summed E-state index contributed by atoms with van der Waals surface area (Å²) in [6.45, 7) is 2.09. The second-order valence-corrected chi connectivity index (χ2v) is 6.78. The molecule has 0 spiro atoms. The van der Waals surface area contributed by atoms with Crippen LogP contribution in [0.2, 0.25) is 0 Å². The van der Waals surface area contributed by atoms with Gasteiger partial charge in [0.25, 0.3) is 0 Å². The minimum Gasteiger partial charge on any atom is -0.497 e. The van der Waals surface area contributed by atoms with Crippen molar-refractivity contribution in [1.82, 2.24) is 5.32 Å². The summed E-state index contributed by atoms with van der Waals surface area (Å²) in [5.74, 6) is 1.14. The van der Waals surface area contributed by atoms with Crippen LogP contribution in [0.15, 0.2) is 36.4 Å². The van der Waals surface area contributed by atoms with Gasteiger partial charge in [-0.3, -0.25) is 0 Å². The van der Waals surface area contributed by atoms with E-state index in [0.29, 0.717) is 29.2 Å². The molecule has 1 heterocycles. The minimum atomic E-state index is -4.80. The van der Waals surface area contributed by atoms with Gasteiger partial charge in [0, 0.05) is 11.6 Å².